The highest BCUT2D eigenvalue weighted by Crippen LogP contribution is 2.47. The molecule has 7 saturated heterocycles. The van der Waals surface area contributed by atoms with E-state index in [1.165, 1.54) is 81.4 Å². The topological polar surface area (TPSA) is 529 Å². The van der Waals surface area contributed by atoms with Crippen molar-refractivity contribution in [1.29, 1.82) is 0 Å². The lowest BCUT2D eigenvalue weighted by molar-refractivity contribution is 0.0730. The number of rotatable bonds is 25. The molecule has 7 aliphatic heterocycles. The van der Waals surface area contributed by atoms with E-state index in [1.807, 2.05) is 121 Å². The molecule has 41 nitrogen and oxygen atoms in total. The summed E-state index contributed by atoms with van der Waals surface area (Å²) in [6.07, 6.45) is 0. The average Bonchev–Trinajstić information content (AvgIpc) is 1.62. The second kappa shape index (κ2) is 56.3. The van der Waals surface area contributed by atoms with Crippen molar-refractivity contribution >= 4 is 241 Å². The minimum atomic E-state index is -3.78. The number of thiophene rings is 8. The van der Waals surface area contributed by atoms with Crippen molar-refractivity contribution in [3.05, 3.63) is 214 Å². The molecule has 0 bridgehead atoms. The highest BCUT2D eigenvalue weighted by atomic mass is 79.9. The van der Waals surface area contributed by atoms with Crippen LogP contribution in [0.15, 0.2) is 235 Å². The molecule has 19 rings (SSSR count). The minimum absolute atomic E-state index is 0.0127. The van der Waals surface area contributed by atoms with Crippen LogP contribution < -0.4 is 24.7 Å². The molecule has 0 saturated carbocycles. The first kappa shape index (κ1) is 121. The Morgan fingerprint density at radius 3 is 0.867 bits per heavy atom. The number of nitrogens with zero attached hydrogens (tertiary/aromatic N) is 9. The summed E-state index contributed by atoms with van der Waals surface area (Å²) in [5.41, 5.74) is 11.3. The zero-order chi connectivity index (χ0) is 108. The summed E-state index contributed by atoms with van der Waals surface area (Å²) in [5.74, 6) is 0.309. The van der Waals surface area contributed by atoms with E-state index >= 15 is 0 Å². The molecule has 15 heterocycles. The summed E-state index contributed by atoms with van der Waals surface area (Å²) < 4.78 is 263. The van der Waals surface area contributed by atoms with E-state index in [2.05, 4.69) is 36.9 Å². The third-order valence-corrected chi connectivity index (χ3v) is 50.2. The molecule has 150 heavy (non-hydrogen) atoms. The van der Waals surface area contributed by atoms with E-state index in [-0.39, 0.29) is 86.9 Å². The zero-order valence-electron chi connectivity index (χ0n) is 80.3. The van der Waals surface area contributed by atoms with Crippen LogP contribution in [-0.2, 0) is 112 Å². The maximum absolute atomic E-state index is 13.2. The van der Waals surface area contributed by atoms with Crippen LogP contribution in [0.5, 0.6) is 46.0 Å². The van der Waals surface area contributed by atoms with Crippen molar-refractivity contribution in [2.75, 3.05) is 218 Å². The Hall–Kier alpha value is -7.69. The molecule has 0 unspecified atom stereocenters. The first-order valence-corrected chi connectivity index (χ1v) is 65.8. The summed E-state index contributed by atoms with van der Waals surface area (Å²) >= 11 is 14.8. The van der Waals surface area contributed by atoms with Crippen LogP contribution in [0.3, 0.4) is 0 Å². The van der Waals surface area contributed by atoms with Crippen molar-refractivity contribution in [3.63, 3.8) is 0 Å². The number of morpholine rings is 7. The second-order valence-corrected chi connectivity index (χ2v) is 57.8. The fourth-order valence-electron chi connectivity index (χ4n) is 14.3. The number of nitrogen functional groups attached to an aromatic ring is 1. The van der Waals surface area contributed by atoms with Crippen LogP contribution in [0, 0.1) is 0 Å². The van der Waals surface area contributed by atoms with Gasteiger partial charge >= 0.3 is 0 Å². The molecular weight excluding hydrogens is 2430 g/mol. The van der Waals surface area contributed by atoms with Crippen molar-refractivity contribution in [2.45, 2.75) is 33.7 Å². The van der Waals surface area contributed by atoms with Crippen LogP contribution in [0.2, 0.25) is 0 Å². The molecule has 8 aromatic heterocycles. The van der Waals surface area contributed by atoms with Gasteiger partial charge in [-0.05, 0) is 66.2 Å². The highest BCUT2D eigenvalue weighted by Gasteiger charge is 2.40. The monoisotopic (exact) mass is 2530 g/mol. The first-order valence-electron chi connectivity index (χ1n) is 44.8. The number of hydrogen-bond acceptors (Lipinski definition) is 42. The number of sulfonamides is 7. The number of aromatic hydroxyl groups is 4. The van der Waals surface area contributed by atoms with Gasteiger partial charge in [-0.2, -0.15) is 30.1 Å². The van der Waals surface area contributed by atoms with Crippen LogP contribution in [0.1, 0.15) is 22.3 Å². The molecule has 818 valence electrons. The molecule has 7 aliphatic rings. The molecule has 60 heteroatoms. The second-order valence-electron chi connectivity index (χ2n) is 31.2. The van der Waals surface area contributed by atoms with E-state index in [0.717, 1.165) is 107 Å². The van der Waals surface area contributed by atoms with Crippen molar-refractivity contribution in [1.82, 2.24) is 30.1 Å². The normalized spacial score (nSPS) is 16.7. The molecule has 0 atom stereocenters. The minimum Gasteiger partial charge on any atom is -0.506 e. The van der Waals surface area contributed by atoms with Gasteiger partial charge in [0.15, 0.2) is 62.4 Å². The van der Waals surface area contributed by atoms with Crippen LogP contribution >= 0.6 is 133 Å². The number of ether oxygens (including phenoxy) is 11. The Balaban J connectivity index is 0.000000155. The maximum Gasteiger partial charge on any atom is 0.274 e. The molecule has 0 spiro atoms. The lowest BCUT2D eigenvalue weighted by atomic mass is 10.0. The van der Waals surface area contributed by atoms with E-state index in [0.29, 0.717) is 209 Å². The van der Waals surface area contributed by atoms with Gasteiger partial charge in [0.25, 0.3) is 79.2 Å². The Morgan fingerprint density at radius 2 is 0.560 bits per heavy atom. The third kappa shape index (κ3) is 30.8. The van der Waals surface area contributed by atoms with Crippen LogP contribution in [0.25, 0.3) is 0 Å². The van der Waals surface area contributed by atoms with Crippen molar-refractivity contribution in [3.8, 4) is 46.0 Å². The number of benzene rings is 4. The predicted octanol–water partition coefficient (Wildman–Crippen LogP) is 13.4. The predicted molar refractivity (Wildman–Crippen MR) is 584 cm³/mol. The Labute approximate surface area is 923 Å². The van der Waals surface area contributed by atoms with Gasteiger partial charge in [0.1, 0.15) is 28.6 Å². The first-order chi connectivity index (χ1) is 71.6. The fraction of sp³-hybridized carbons (Fsp3) is 0.356. The number of hydrogen-bond donors (Lipinski definition) is 5. The third-order valence-electron chi connectivity index (χ3n) is 21.9. The smallest absolute Gasteiger partial charge is 0.274 e. The molecule has 7 fully saturated rings. The molecule has 0 radical (unpaired) electrons. The van der Waals surface area contributed by atoms with Gasteiger partial charge in [0, 0.05) is 151 Å². The Kier molecular flexibility index (Phi) is 45.4. The van der Waals surface area contributed by atoms with Gasteiger partial charge in [0.2, 0.25) is 0 Å². The van der Waals surface area contributed by atoms with E-state index < -0.39 is 79.2 Å². The average molecular weight is 2530 g/mol. The number of aliphatic imine (C=N–C) groups is 2. The fourth-order valence-corrected chi connectivity index (χ4v) is 37.6. The Bertz CT molecular complexity index is 7280. The van der Waals surface area contributed by atoms with Gasteiger partial charge < -0.3 is 78.3 Å². The van der Waals surface area contributed by atoms with Crippen LogP contribution in [-0.4, -0.2) is 342 Å². The molecule has 4 aromatic carbocycles. The molecular formula is C90H105Br2ClN10O31S16. The maximum atomic E-state index is 13.2. The van der Waals surface area contributed by atoms with E-state index in [9.17, 15) is 87.8 Å². The van der Waals surface area contributed by atoms with Gasteiger partial charge in [-0.25, -0.2) is 77.3 Å². The summed E-state index contributed by atoms with van der Waals surface area (Å²) in [7, 11) is -17.8. The molecule has 0 aliphatic carbocycles. The summed E-state index contributed by atoms with van der Waals surface area (Å²) in [6, 6.07) is 43.4. The van der Waals surface area contributed by atoms with Crippen molar-refractivity contribution < 1.29 is 140 Å². The number of anilines is 1. The summed E-state index contributed by atoms with van der Waals surface area (Å²) in [5, 5.41) is 52.2. The standard InChI is InChI=1S/C22H22N2O4S2.C21H20N2O4S2.C9H12BrNO4S2.C9H13NO4S2.C8H10BrNO4S2.C8H12N2O4S2.C8H11NO4S2.C5H5ClO3S2/c1-27-21-19(16-29-22(21)30(25,26)24-12-14-28-15-13-24)23-20(17-8-4-2-5-9-17)18-10-6-3-7-11-18;24-20-18(15-28-21(20)29(25,26)23-11-13-27-14-12-23)22-19(16-7-3-1-4-8-16)17-9-5-2-6-10-17;1-14-8-7(10)6-16-9(8)17(12,13)11-2-4-15-5-3-11;1-13-8-2-7-15-9(8)16(11,12)10-3-5-14-6-4-10;2*9-6-5-15-8(7(6)11)16(12,13)10-1-3-14-4-2-10;10-7-1-6-14-8(7)15(11,12)9-2-4-13-5-3-9;1-9-4-2-3-10-5(4)11(6,7)8/h2-11,16H,12-15H2,1H3;1-10,15,24H,11-14H2;6H,2-5H2,1H3;2,7H,3-6H2,1H3;5,11H,1-4H2;5,11H,1-4,9H2;1,6,10H,2-5H2;2-3H,1H3. The van der Waals surface area contributed by atoms with E-state index in [4.69, 9.17) is 73.5 Å². The quantitative estimate of drug-likeness (QED) is 0.0262. The molecule has 0 amide bonds. The largest absolute Gasteiger partial charge is 0.506 e. The molecule has 6 N–H and O–H groups in total. The lowest BCUT2D eigenvalue weighted by Gasteiger charge is -2.25. The highest BCUT2D eigenvalue weighted by molar-refractivity contribution is 9.11. The number of halogens is 3. The number of methoxy groups -OCH3 is 4. The summed E-state index contributed by atoms with van der Waals surface area (Å²) in [4.78, 5) is 9.49. The number of nitrogens with two attached hydrogens (primary N) is 1. The van der Waals surface area contributed by atoms with Gasteiger partial charge in [0.05, 0.1) is 147 Å². The van der Waals surface area contributed by atoms with E-state index in [1.54, 1.807) is 49.8 Å². The Morgan fingerprint density at radius 1 is 0.300 bits per heavy atom. The SMILES string of the molecule is COc1c(Br)csc1S(=O)(=O)N1CCOCC1.COc1c(N=C(c2ccccc2)c2ccccc2)csc1S(=O)(=O)N1CCOCC1.COc1ccsc1S(=O)(=O)Cl.COc1ccsc1S(=O)(=O)N1CCOCC1.Nc1csc(S(=O)(=O)N2CCOCC2)c1O.O=S(=O)(c1scc(Br)c1O)N1CCOCC1.O=S(=O)(c1scc(N=C(c2ccccc2)c2ccccc2)c1O)N1CCOCC1.O=S(=O)(c1sccc1O)N1CCOCC1. The summed E-state index contributed by atoms with van der Waals surface area (Å²) in [6.45, 7) is 10.4. The van der Waals surface area contributed by atoms with Gasteiger partial charge in [-0.3, -0.25) is 0 Å². The zero-order valence-corrected chi connectivity index (χ0v) is 97.3. The lowest BCUT2D eigenvalue weighted by Crippen LogP contribution is -2.40. The molecule has 12 aromatic rings. The van der Waals surface area contributed by atoms with Gasteiger partial charge in [-0.15, -0.1) is 90.7 Å². The van der Waals surface area contributed by atoms with Crippen molar-refractivity contribution in [2.24, 2.45) is 9.98 Å². The van der Waals surface area contributed by atoms with Gasteiger partial charge in [-0.1, -0.05) is 121 Å². The van der Waals surface area contributed by atoms with Crippen LogP contribution in [0.4, 0.5) is 17.1 Å².